The van der Waals surface area contributed by atoms with Gasteiger partial charge in [0.15, 0.2) is 0 Å². The maximum absolute atomic E-state index is 13.3. The molecule has 168 valence electrons. The second kappa shape index (κ2) is 9.76. The van der Waals surface area contributed by atoms with Gasteiger partial charge in [-0.05, 0) is 68.6 Å². The Hall–Kier alpha value is -2.83. The van der Waals surface area contributed by atoms with Crippen LogP contribution >= 0.6 is 11.6 Å². The molecule has 1 aliphatic rings. The number of likely N-dealkylation sites (N-methyl/N-ethyl adjacent to an activating group) is 1. The lowest BCUT2D eigenvalue weighted by molar-refractivity contribution is 0.174. The molecule has 1 unspecified atom stereocenters. The number of nitrogens with zero attached hydrogens (tertiary/aromatic N) is 2. The van der Waals surface area contributed by atoms with Crippen molar-refractivity contribution in [1.29, 1.82) is 0 Å². The van der Waals surface area contributed by atoms with E-state index < -0.39 is 0 Å². The molecule has 2 heterocycles. The van der Waals surface area contributed by atoms with Crippen molar-refractivity contribution in [2.24, 2.45) is 0 Å². The quantitative estimate of drug-likeness (QED) is 0.552. The Morgan fingerprint density at radius 3 is 2.84 bits per heavy atom. The third-order valence-corrected chi connectivity index (χ3v) is 6.51. The highest BCUT2D eigenvalue weighted by atomic mass is 35.5. The van der Waals surface area contributed by atoms with E-state index in [0.717, 1.165) is 42.4 Å². The number of para-hydroxylation sites is 1. The number of pyridine rings is 1. The average molecular weight is 453 g/mol. The third-order valence-electron chi connectivity index (χ3n) is 6.18. The van der Waals surface area contributed by atoms with Gasteiger partial charge in [-0.25, -0.2) is 4.79 Å². The van der Waals surface area contributed by atoms with Gasteiger partial charge in [0.1, 0.15) is 0 Å². The van der Waals surface area contributed by atoms with Crippen LogP contribution in [0.2, 0.25) is 5.02 Å². The molecule has 1 fully saturated rings. The SMILES string of the molecule is CCN1CCCC1CN(Cc1cc2cc(C)ccc2[nH]c1=O)C(=O)Nc1ccccc1Cl. The number of hydrogen-bond donors (Lipinski definition) is 2. The van der Waals surface area contributed by atoms with Crippen molar-refractivity contribution in [3.05, 3.63) is 75.0 Å². The molecule has 0 spiro atoms. The fourth-order valence-electron chi connectivity index (χ4n) is 4.44. The molecule has 0 radical (unpaired) electrons. The number of aromatic amines is 1. The molecule has 1 saturated heterocycles. The molecule has 2 aromatic carbocycles. The van der Waals surface area contributed by atoms with Crippen LogP contribution in [0, 0.1) is 6.92 Å². The van der Waals surface area contributed by atoms with Gasteiger partial charge in [0.25, 0.3) is 5.56 Å². The van der Waals surface area contributed by atoms with E-state index in [4.69, 9.17) is 11.6 Å². The fraction of sp³-hybridized carbons (Fsp3) is 0.360. The van der Waals surface area contributed by atoms with Crippen LogP contribution in [0.25, 0.3) is 10.9 Å². The van der Waals surface area contributed by atoms with Gasteiger partial charge >= 0.3 is 6.03 Å². The van der Waals surface area contributed by atoms with Crippen LogP contribution in [0.4, 0.5) is 10.5 Å². The summed E-state index contributed by atoms with van der Waals surface area (Å²) in [6.07, 6.45) is 2.16. The maximum Gasteiger partial charge on any atom is 0.322 e. The number of carbonyl (C=O) groups excluding carboxylic acids is 1. The molecule has 2 amide bonds. The molecule has 1 aliphatic heterocycles. The number of benzene rings is 2. The first-order valence-corrected chi connectivity index (χ1v) is 11.5. The number of likely N-dealkylation sites (tertiary alicyclic amines) is 1. The summed E-state index contributed by atoms with van der Waals surface area (Å²) in [5.74, 6) is 0. The molecule has 4 rings (SSSR count). The number of nitrogens with one attached hydrogen (secondary N) is 2. The number of amides is 2. The number of hydrogen-bond acceptors (Lipinski definition) is 3. The molecule has 1 aromatic heterocycles. The first-order valence-electron chi connectivity index (χ1n) is 11.1. The summed E-state index contributed by atoms with van der Waals surface area (Å²) in [5.41, 5.74) is 2.87. The highest BCUT2D eigenvalue weighted by molar-refractivity contribution is 6.33. The lowest BCUT2D eigenvalue weighted by Gasteiger charge is -2.30. The van der Waals surface area contributed by atoms with Crippen molar-refractivity contribution in [2.75, 3.05) is 25.0 Å². The molecule has 7 heteroatoms. The van der Waals surface area contributed by atoms with E-state index in [0.29, 0.717) is 22.8 Å². The molecular weight excluding hydrogens is 424 g/mol. The predicted molar refractivity (Wildman–Crippen MR) is 130 cm³/mol. The Morgan fingerprint density at radius 1 is 1.25 bits per heavy atom. The number of aromatic nitrogens is 1. The van der Waals surface area contributed by atoms with E-state index in [9.17, 15) is 9.59 Å². The molecule has 0 bridgehead atoms. The van der Waals surface area contributed by atoms with Gasteiger partial charge in [0, 0.05) is 23.7 Å². The van der Waals surface area contributed by atoms with Gasteiger partial charge in [-0.2, -0.15) is 0 Å². The Kier molecular flexibility index (Phi) is 6.82. The van der Waals surface area contributed by atoms with Crippen LogP contribution in [0.5, 0.6) is 0 Å². The number of H-pyrrole nitrogens is 1. The van der Waals surface area contributed by atoms with Crippen LogP contribution in [-0.2, 0) is 6.54 Å². The first-order chi connectivity index (χ1) is 15.4. The Morgan fingerprint density at radius 2 is 2.06 bits per heavy atom. The second-order valence-electron chi connectivity index (χ2n) is 8.43. The van der Waals surface area contributed by atoms with Gasteiger partial charge in [-0.1, -0.05) is 42.3 Å². The van der Waals surface area contributed by atoms with Crippen molar-refractivity contribution in [2.45, 2.75) is 39.3 Å². The van der Waals surface area contributed by atoms with E-state index in [1.54, 1.807) is 17.0 Å². The predicted octanol–water partition coefficient (Wildman–Crippen LogP) is 5.01. The van der Waals surface area contributed by atoms with Crippen molar-refractivity contribution >= 4 is 34.2 Å². The molecule has 0 aliphatic carbocycles. The van der Waals surface area contributed by atoms with E-state index in [2.05, 4.69) is 22.1 Å². The number of rotatable bonds is 6. The van der Waals surface area contributed by atoms with E-state index in [-0.39, 0.29) is 24.2 Å². The van der Waals surface area contributed by atoms with Crippen LogP contribution in [0.3, 0.4) is 0 Å². The number of carbonyl (C=O) groups is 1. The summed E-state index contributed by atoms with van der Waals surface area (Å²) >= 11 is 6.26. The second-order valence-corrected chi connectivity index (χ2v) is 8.84. The van der Waals surface area contributed by atoms with Crippen LogP contribution in [0.15, 0.2) is 53.3 Å². The highest BCUT2D eigenvalue weighted by Gasteiger charge is 2.28. The number of urea groups is 1. The van der Waals surface area contributed by atoms with Crippen LogP contribution in [0.1, 0.15) is 30.9 Å². The topological polar surface area (TPSA) is 68.4 Å². The molecule has 6 nitrogen and oxygen atoms in total. The van der Waals surface area contributed by atoms with Gasteiger partial charge in [-0.15, -0.1) is 0 Å². The zero-order valence-corrected chi connectivity index (χ0v) is 19.3. The van der Waals surface area contributed by atoms with Crippen LogP contribution < -0.4 is 10.9 Å². The molecule has 1 atom stereocenters. The van der Waals surface area contributed by atoms with Crippen molar-refractivity contribution in [3.63, 3.8) is 0 Å². The highest BCUT2D eigenvalue weighted by Crippen LogP contribution is 2.23. The first kappa shape index (κ1) is 22.4. The lowest BCUT2D eigenvalue weighted by atomic mass is 10.1. The molecule has 2 N–H and O–H groups in total. The van der Waals surface area contributed by atoms with E-state index in [1.807, 2.05) is 43.3 Å². The van der Waals surface area contributed by atoms with E-state index >= 15 is 0 Å². The number of fused-ring (bicyclic) bond motifs is 1. The van der Waals surface area contributed by atoms with Gasteiger partial charge in [0.05, 0.1) is 17.3 Å². The summed E-state index contributed by atoms with van der Waals surface area (Å²) in [7, 11) is 0. The summed E-state index contributed by atoms with van der Waals surface area (Å²) in [6.45, 7) is 6.92. The number of halogens is 1. The molecule has 3 aromatic rings. The van der Waals surface area contributed by atoms with E-state index in [1.165, 1.54) is 0 Å². The Labute approximate surface area is 193 Å². The van der Waals surface area contributed by atoms with Gasteiger partial charge in [0.2, 0.25) is 0 Å². The summed E-state index contributed by atoms with van der Waals surface area (Å²) < 4.78 is 0. The monoisotopic (exact) mass is 452 g/mol. The fourth-order valence-corrected chi connectivity index (χ4v) is 4.63. The normalized spacial score (nSPS) is 16.4. The van der Waals surface area contributed by atoms with Crippen molar-refractivity contribution < 1.29 is 4.79 Å². The standard InChI is InChI=1S/C25H29ClN4O2/c1-3-29-12-6-7-20(29)16-30(25(32)28-23-9-5-4-8-21(23)26)15-19-14-18-13-17(2)10-11-22(18)27-24(19)31/h4-5,8-11,13-14,20H,3,6-7,12,15-16H2,1-2H3,(H,27,31)(H,28,32). The number of aryl methyl sites for hydroxylation is 1. The largest absolute Gasteiger partial charge is 0.322 e. The summed E-state index contributed by atoms with van der Waals surface area (Å²) in [5, 5.41) is 4.37. The van der Waals surface area contributed by atoms with Crippen LogP contribution in [-0.4, -0.2) is 46.5 Å². The zero-order valence-electron chi connectivity index (χ0n) is 18.5. The minimum Gasteiger partial charge on any atom is -0.322 e. The zero-order chi connectivity index (χ0) is 22.7. The minimum absolute atomic E-state index is 0.171. The number of anilines is 1. The molecular formula is C25H29ClN4O2. The Bertz CT molecular complexity index is 1180. The van der Waals surface area contributed by atoms with Crippen molar-refractivity contribution in [1.82, 2.24) is 14.8 Å². The van der Waals surface area contributed by atoms with Gasteiger partial charge in [-0.3, -0.25) is 9.69 Å². The van der Waals surface area contributed by atoms with Gasteiger partial charge < -0.3 is 15.2 Å². The summed E-state index contributed by atoms with van der Waals surface area (Å²) in [6, 6.07) is 15.0. The Balaban J connectivity index is 1.63. The van der Waals surface area contributed by atoms with Crippen molar-refractivity contribution in [3.8, 4) is 0 Å². The minimum atomic E-state index is -0.259. The molecule has 0 saturated carbocycles. The maximum atomic E-state index is 13.3. The third kappa shape index (κ3) is 4.97. The molecule has 32 heavy (non-hydrogen) atoms. The summed E-state index contributed by atoms with van der Waals surface area (Å²) in [4.78, 5) is 33.2. The lowest BCUT2D eigenvalue weighted by Crippen LogP contribution is -2.45. The smallest absolute Gasteiger partial charge is 0.322 e. The average Bonchev–Trinajstić information content (AvgIpc) is 3.22.